The Bertz CT molecular complexity index is 1490. The standard InChI is InChI=1S/C39H52ClN3O5.ClH/c1-7-42(8-2)35(44)26-34-38(45)43(27-39(3,4)5)32-21-20-29(40)25-31(32)36(48-34)30-18-12-19-33(37(30)46-6)47-24-14-23-41-22-13-17-28-15-10-9-11-16-28;/h9-12,15-16,18-21,25,34,36,41H,7-8,13-14,17,22-24,26-27H2,1-6H3;1H. The Kier molecular flexibility index (Phi) is 15.7. The van der Waals surface area contributed by atoms with E-state index in [2.05, 4.69) is 50.4 Å². The van der Waals surface area contributed by atoms with Gasteiger partial charge in [0, 0.05) is 41.5 Å². The fourth-order valence-corrected chi connectivity index (χ4v) is 6.27. The smallest absolute Gasteiger partial charge is 0.256 e. The summed E-state index contributed by atoms with van der Waals surface area (Å²) >= 11 is 6.58. The van der Waals surface area contributed by atoms with E-state index in [4.69, 9.17) is 25.8 Å². The van der Waals surface area contributed by atoms with Crippen molar-refractivity contribution in [2.24, 2.45) is 5.41 Å². The van der Waals surface area contributed by atoms with Crippen molar-refractivity contribution in [1.82, 2.24) is 10.2 Å². The minimum absolute atomic E-state index is 0. The third-order valence-electron chi connectivity index (χ3n) is 8.43. The number of ether oxygens (including phenoxy) is 3. The molecule has 0 saturated heterocycles. The molecule has 0 saturated carbocycles. The van der Waals surface area contributed by atoms with Crippen LogP contribution in [0, 0.1) is 5.41 Å². The Morgan fingerprint density at radius 3 is 2.37 bits per heavy atom. The molecule has 8 nitrogen and oxygen atoms in total. The number of para-hydroxylation sites is 1. The lowest BCUT2D eigenvalue weighted by atomic mass is 9.94. The third-order valence-corrected chi connectivity index (χ3v) is 8.66. The predicted molar refractivity (Wildman–Crippen MR) is 201 cm³/mol. The second-order valence-corrected chi connectivity index (χ2v) is 13.8. The highest BCUT2D eigenvalue weighted by molar-refractivity contribution is 6.30. The van der Waals surface area contributed by atoms with Gasteiger partial charge in [0.25, 0.3) is 5.91 Å². The molecule has 1 heterocycles. The number of amides is 2. The zero-order valence-electron chi connectivity index (χ0n) is 29.8. The first-order valence-electron chi connectivity index (χ1n) is 17.1. The second-order valence-electron chi connectivity index (χ2n) is 13.4. The van der Waals surface area contributed by atoms with E-state index >= 15 is 0 Å². The number of carbonyl (C=O) groups excluding carboxylic acids is 2. The molecular weight excluding hydrogens is 661 g/mol. The van der Waals surface area contributed by atoms with Crippen LogP contribution in [0.4, 0.5) is 5.69 Å². The highest BCUT2D eigenvalue weighted by Crippen LogP contribution is 2.45. The van der Waals surface area contributed by atoms with Crippen LogP contribution in [-0.2, 0) is 20.7 Å². The Hall–Kier alpha value is -3.30. The number of fused-ring (bicyclic) bond motifs is 1. The summed E-state index contributed by atoms with van der Waals surface area (Å²) < 4.78 is 18.9. The van der Waals surface area contributed by atoms with E-state index in [9.17, 15) is 9.59 Å². The maximum atomic E-state index is 14.3. The maximum absolute atomic E-state index is 14.3. The third kappa shape index (κ3) is 11.1. The molecule has 0 radical (unpaired) electrons. The van der Waals surface area contributed by atoms with Gasteiger partial charge < -0.3 is 29.3 Å². The highest BCUT2D eigenvalue weighted by Gasteiger charge is 2.40. The molecule has 4 rings (SSSR count). The molecule has 10 heteroatoms. The normalized spacial score (nSPS) is 16.0. The molecule has 0 aliphatic carbocycles. The molecule has 3 aromatic carbocycles. The number of benzene rings is 3. The minimum Gasteiger partial charge on any atom is -0.492 e. The van der Waals surface area contributed by atoms with E-state index in [1.165, 1.54) is 5.56 Å². The zero-order valence-corrected chi connectivity index (χ0v) is 31.4. The number of carbonyl (C=O) groups is 2. The fourth-order valence-electron chi connectivity index (χ4n) is 6.09. The molecule has 0 bridgehead atoms. The number of anilines is 1. The van der Waals surface area contributed by atoms with Crippen molar-refractivity contribution in [2.45, 2.75) is 72.5 Å². The summed E-state index contributed by atoms with van der Waals surface area (Å²) in [5.41, 5.74) is 3.26. The number of nitrogens with one attached hydrogen (secondary N) is 1. The molecule has 0 aromatic heterocycles. The van der Waals surface area contributed by atoms with Gasteiger partial charge in [0.2, 0.25) is 5.91 Å². The van der Waals surface area contributed by atoms with Crippen LogP contribution < -0.4 is 19.7 Å². The van der Waals surface area contributed by atoms with Gasteiger partial charge in [-0.25, -0.2) is 0 Å². The SMILES string of the molecule is CCN(CC)C(=O)CC1OC(c2cccc(OCCCNCCCc3ccccc3)c2OC)c2cc(Cl)ccc2N(CC(C)(C)C)C1=O.Cl. The van der Waals surface area contributed by atoms with Gasteiger partial charge in [-0.05, 0) is 81.4 Å². The topological polar surface area (TPSA) is 80.3 Å². The first kappa shape index (κ1) is 40.1. The first-order chi connectivity index (χ1) is 23.1. The predicted octanol–water partition coefficient (Wildman–Crippen LogP) is 7.89. The van der Waals surface area contributed by atoms with Crippen LogP contribution in [0.15, 0.2) is 66.7 Å². The minimum atomic E-state index is -1.01. The maximum Gasteiger partial charge on any atom is 0.256 e. The molecule has 0 spiro atoms. The fraction of sp³-hybridized carbons (Fsp3) is 0.487. The number of halogens is 2. The second kappa shape index (κ2) is 19.2. The number of rotatable bonds is 16. The van der Waals surface area contributed by atoms with Crippen molar-refractivity contribution in [3.05, 3.63) is 88.4 Å². The van der Waals surface area contributed by atoms with Gasteiger partial charge in [-0.1, -0.05) is 74.8 Å². The van der Waals surface area contributed by atoms with Gasteiger partial charge >= 0.3 is 0 Å². The Labute approximate surface area is 303 Å². The number of nitrogens with zero attached hydrogens (tertiary/aromatic N) is 2. The molecule has 0 fully saturated rings. The van der Waals surface area contributed by atoms with Gasteiger partial charge in [-0.15, -0.1) is 12.4 Å². The summed E-state index contributed by atoms with van der Waals surface area (Å²) in [5.74, 6) is 0.729. The van der Waals surface area contributed by atoms with Gasteiger partial charge in [-0.2, -0.15) is 0 Å². The summed E-state index contributed by atoms with van der Waals surface area (Å²) in [7, 11) is 1.61. The van der Waals surface area contributed by atoms with Crippen LogP contribution in [0.3, 0.4) is 0 Å². The van der Waals surface area contributed by atoms with Crippen molar-refractivity contribution in [1.29, 1.82) is 0 Å². The lowest BCUT2D eigenvalue weighted by Gasteiger charge is -2.31. The van der Waals surface area contributed by atoms with Gasteiger partial charge in [0.1, 0.15) is 12.2 Å². The van der Waals surface area contributed by atoms with E-state index < -0.39 is 12.2 Å². The van der Waals surface area contributed by atoms with Crippen molar-refractivity contribution in [3.8, 4) is 11.5 Å². The Morgan fingerprint density at radius 1 is 0.980 bits per heavy atom. The van der Waals surface area contributed by atoms with Gasteiger partial charge in [0.15, 0.2) is 11.5 Å². The number of methoxy groups -OCH3 is 1. The lowest BCUT2D eigenvalue weighted by molar-refractivity contribution is -0.142. The monoisotopic (exact) mass is 713 g/mol. The molecule has 2 amide bonds. The molecule has 3 aromatic rings. The van der Waals surface area contributed by atoms with Crippen LogP contribution in [0.1, 0.15) is 76.7 Å². The summed E-state index contributed by atoms with van der Waals surface area (Å²) in [6, 6.07) is 21.7. The van der Waals surface area contributed by atoms with Crippen molar-refractivity contribution in [3.63, 3.8) is 0 Å². The number of hydrogen-bond acceptors (Lipinski definition) is 6. The average molecular weight is 715 g/mol. The summed E-state index contributed by atoms with van der Waals surface area (Å²) in [6.45, 7) is 13.9. The van der Waals surface area contributed by atoms with E-state index in [-0.39, 0.29) is 36.1 Å². The van der Waals surface area contributed by atoms with Crippen molar-refractivity contribution < 1.29 is 23.8 Å². The average Bonchev–Trinajstić information content (AvgIpc) is 3.16. The lowest BCUT2D eigenvalue weighted by Crippen LogP contribution is -2.45. The molecule has 268 valence electrons. The van der Waals surface area contributed by atoms with E-state index in [1.54, 1.807) is 23.0 Å². The van der Waals surface area contributed by atoms with Gasteiger partial charge in [0.05, 0.1) is 20.1 Å². The summed E-state index contributed by atoms with van der Waals surface area (Å²) in [6.07, 6.45) is 1.12. The first-order valence-corrected chi connectivity index (χ1v) is 17.5. The molecule has 1 aliphatic rings. The molecule has 2 unspecified atom stereocenters. The van der Waals surface area contributed by atoms with Crippen molar-refractivity contribution >= 4 is 41.5 Å². The number of aryl methyl sites for hydroxylation is 1. The van der Waals surface area contributed by atoms with E-state index in [0.29, 0.717) is 54.0 Å². The van der Waals surface area contributed by atoms with E-state index in [0.717, 1.165) is 37.9 Å². The molecule has 49 heavy (non-hydrogen) atoms. The van der Waals surface area contributed by atoms with Crippen molar-refractivity contribution in [2.75, 3.05) is 51.3 Å². The molecule has 2 atom stereocenters. The Morgan fingerprint density at radius 2 is 1.69 bits per heavy atom. The van der Waals surface area contributed by atoms with Crippen LogP contribution in [0.2, 0.25) is 5.02 Å². The van der Waals surface area contributed by atoms with Crippen LogP contribution in [0.5, 0.6) is 11.5 Å². The van der Waals surface area contributed by atoms with Gasteiger partial charge in [-0.3, -0.25) is 9.59 Å². The summed E-state index contributed by atoms with van der Waals surface area (Å²) in [5, 5.41) is 4.03. The number of hydrogen-bond donors (Lipinski definition) is 1. The highest BCUT2D eigenvalue weighted by atomic mass is 35.5. The van der Waals surface area contributed by atoms with Crippen LogP contribution in [0.25, 0.3) is 0 Å². The largest absolute Gasteiger partial charge is 0.492 e. The Balaban J connectivity index is 0.00000650. The van der Waals surface area contributed by atoms with Crippen LogP contribution in [-0.4, -0.2) is 69.3 Å². The molecule has 1 N–H and O–H groups in total. The summed E-state index contributed by atoms with van der Waals surface area (Å²) in [4.78, 5) is 31.1. The molecular formula is C39H53Cl2N3O5. The zero-order chi connectivity index (χ0) is 34.7. The van der Waals surface area contributed by atoms with Crippen LogP contribution >= 0.6 is 24.0 Å². The molecule has 1 aliphatic heterocycles. The van der Waals surface area contributed by atoms with E-state index in [1.807, 2.05) is 50.2 Å². The quantitative estimate of drug-likeness (QED) is 0.152.